The van der Waals surface area contributed by atoms with Crippen LogP contribution in [0.2, 0.25) is 0 Å². The number of ether oxygens (including phenoxy) is 1. The SMILES string of the molecule is CCOC(=O)CN(C)CC1(C=O)CCCN1C(C)=O. The van der Waals surface area contributed by atoms with Crippen LogP contribution in [0.5, 0.6) is 0 Å². The first-order valence-corrected chi connectivity index (χ1v) is 6.54. The van der Waals surface area contributed by atoms with Crippen LogP contribution in [0, 0.1) is 0 Å². The lowest BCUT2D eigenvalue weighted by Crippen LogP contribution is -2.55. The van der Waals surface area contributed by atoms with Gasteiger partial charge in [-0.25, -0.2) is 0 Å². The predicted octanol–water partition coefficient (Wildman–Crippen LogP) is 0.0613. The third-order valence-corrected chi connectivity index (χ3v) is 3.38. The molecule has 1 aliphatic rings. The molecule has 6 heteroatoms. The van der Waals surface area contributed by atoms with Gasteiger partial charge in [0, 0.05) is 20.0 Å². The fraction of sp³-hybridized carbons (Fsp3) is 0.769. The maximum atomic E-state index is 11.6. The summed E-state index contributed by atoms with van der Waals surface area (Å²) in [6, 6.07) is 0. The maximum absolute atomic E-state index is 11.6. The van der Waals surface area contributed by atoms with Gasteiger partial charge in [0.25, 0.3) is 0 Å². The van der Waals surface area contributed by atoms with Gasteiger partial charge < -0.3 is 14.4 Å². The van der Waals surface area contributed by atoms with Crippen molar-refractivity contribution >= 4 is 18.2 Å². The van der Waals surface area contributed by atoms with Gasteiger partial charge in [0.1, 0.15) is 11.8 Å². The number of nitrogens with zero attached hydrogens (tertiary/aromatic N) is 2. The molecule has 1 heterocycles. The van der Waals surface area contributed by atoms with E-state index in [2.05, 4.69) is 0 Å². The predicted molar refractivity (Wildman–Crippen MR) is 69.5 cm³/mol. The molecule has 1 atom stereocenters. The molecular weight excluding hydrogens is 248 g/mol. The number of likely N-dealkylation sites (N-methyl/N-ethyl adjacent to an activating group) is 1. The van der Waals surface area contributed by atoms with E-state index >= 15 is 0 Å². The van der Waals surface area contributed by atoms with Crippen LogP contribution in [0.25, 0.3) is 0 Å². The van der Waals surface area contributed by atoms with Crippen LogP contribution in [0.15, 0.2) is 0 Å². The molecule has 1 rings (SSSR count). The summed E-state index contributed by atoms with van der Waals surface area (Å²) in [7, 11) is 1.75. The largest absolute Gasteiger partial charge is 0.465 e. The zero-order chi connectivity index (χ0) is 14.5. The lowest BCUT2D eigenvalue weighted by Gasteiger charge is -2.36. The number of hydrogen-bond acceptors (Lipinski definition) is 5. The molecule has 6 nitrogen and oxygen atoms in total. The number of aldehydes is 1. The van der Waals surface area contributed by atoms with E-state index in [1.807, 2.05) is 0 Å². The van der Waals surface area contributed by atoms with Crippen molar-refractivity contribution in [1.82, 2.24) is 9.80 Å². The fourth-order valence-electron chi connectivity index (χ4n) is 2.65. The lowest BCUT2D eigenvalue weighted by atomic mass is 9.97. The van der Waals surface area contributed by atoms with Crippen LogP contribution >= 0.6 is 0 Å². The molecule has 0 N–H and O–H groups in total. The molecule has 0 bridgehead atoms. The summed E-state index contributed by atoms with van der Waals surface area (Å²) in [5, 5.41) is 0. The van der Waals surface area contributed by atoms with Crippen LogP contribution < -0.4 is 0 Å². The molecule has 0 radical (unpaired) electrons. The molecule has 0 aliphatic carbocycles. The second-order valence-electron chi connectivity index (χ2n) is 4.97. The van der Waals surface area contributed by atoms with Crippen molar-refractivity contribution in [2.75, 3.05) is 33.3 Å². The van der Waals surface area contributed by atoms with Gasteiger partial charge >= 0.3 is 5.97 Å². The number of amides is 1. The minimum absolute atomic E-state index is 0.103. The number of esters is 1. The minimum atomic E-state index is -0.799. The van der Waals surface area contributed by atoms with Crippen molar-refractivity contribution in [3.63, 3.8) is 0 Å². The van der Waals surface area contributed by atoms with Gasteiger partial charge in [0.05, 0.1) is 13.2 Å². The summed E-state index contributed by atoms with van der Waals surface area (Å²) in [4.78, 5) is 37.8. The van der Waals surface area contributed by atoms with Crippen LogP contribution in [0.3, 0.4) is 0 Å². The molecule has 1 fully saturated rings. The molecule has 1 saturated heterocycles. The number of rotatable bonds is 6. The Morgan fingerprint density at radius 1 is 1.47 bits per heavy atom. The van der Waals surface area contributed by atoms with Crippen molar-refractivity contribution in [2.45, 2.75) is 32.2 Å². The Labute approximate surface area is 113 Å². The summed E-state index contributed by atoms with van der Waals surface area (Å²) >= 11 is 0. The summed E-state index contributed by atoms with van der Waals surface area (Å²) in [6.45, 7) is 4.63. The molecule has 19 heavy (non-hydrogen) atoms. The highest BCUT2D eigenvalue weighted by atomic mass is 16.5. The van der Waals surface area contributed by atoms with Gasteiger partial charge in [-0.3, -0.25) is 14.5 Å². The highest BCUT2D eigenvalue weighted by Gasteiger charge is 2.43. The van der Waals surface area contributed by atoms with Crippen LogP contribution in [0.4, 0.5) is 0 Å². The summed E-state index contributed by atoms with van der Waals surface area (Å²) in [6.07, 6.45) is 2.29. The number of carbonyl (C=O) groups excluding carboxylic acids is 3. The first kappa shape index (κ1) is 15.6. The highest BCUT2D eigenvalue weighted by molar-refractivity contribution is 5.81. The van der Waals surface area contributed by atoms with E-state index in [1.54, 1.807) is 23.8 Å². The Morgan fingerprint density at radius 3 is 2.68 bits per heavy atom. The zero-order valence-electron chi connectivity index (χ0n) is 11.8. The Morgan fingerprint density at radius 2 is 2.16 bits per heavy atom. The summed E-state index contributed by atoms with van der Waals surface area (Å²) in [5.74, 6) is -0.424. The molecule has 0 aromatic carbocycles. The molecular formula is C13H22N2O4. The normalized spacial score (nSPS) is 22.6. The minimum Gasteiger partial charge on any atom is -0.465 e. The smallest absolute Gasteiger partial charge is 0.320 e. The maximum Gasteiger partial charge on any atom is 0.320 e. The van der Waals surface area contributed by atoms with Crippen LogP contribution in [-0.4, -0.2) is 66.8 Å². The van der Waals surface area contributed by atoms with E-state index in [1.165, 1.54) is 6.92 Å². The molecule has 108 valence electrons. The second-order valence-corrected chi connectivity index (χ2v) is 4.97. The standard InChI is InChI=1S/C13H22N2O4/c1-4-19-12(18)8-14(3)9-13(10-16)6-5-7-15(13)11(2)17/h10H,4-9H2,1-3H3. The van der Waals surface area contributed by atoms with Crippen molar-refractivity contribution < 1.29 is 19.1 Å². The van der Waals surface area contributed by atoms with E-state index in [4.69, 9.17) is 4.74 Å². The molecule has 1 unspecified atom stereocenters. The van der Waals surface area contributed by atoms with Crippen LogP contribution in [-0.2, 0) is 19.1 Å². The molecule has 0 saturated carbocycles. The molecule has 0 spiro atoms. The zero-order valence-corrected chi connectivity index (χ0v) is 11.8. The third-order valence-electron chi connectivity index (χ3n) is 3.38. The topological polar surface area (TPSA) is 66.9 Å². The Bertz CT molecular complexity index is 359. The Hall–Kier alpha value is -1.43. The quantitative estimate of drug-likeness (QED) is 0.504. The average molecular weight is 270 g/mol. The molecule has 0 aromatic rings. The van der Waals surface area contributed by atoms with Crippen molar-refractivity contribution in [1.29, 1.82) is 0 Å². The summed E-state index contributed by atoms with van der Waals surface area (Å²) in [5.41, 5.74) is -0.799. The van der Waals surface area contributed by atoms with Gasteiger partial charge in [-0.05, 0) is 26.8 Å². The average Bonchev–Trinajstić information content (AvgIpc) is 2.73. The van der Waals surface area contributed by atoms with Gasteiger partial charge in [-0.2, -0.15) is 0 Å². The number of hydrogen-bond donors (Lipinski definition) is 0. The van der Waals surface area contributed by atoms with E-state index in [0.29, 0.717) is 26.1 Å². The van der Waals surface area contributed by atoms with E-state index in [9.17, 15) is 14.4 Å². The van der Waals surface area contributed by atoms with E-state index in [0.717, 1.165) is 12.7 Å². The van der Waals surface area contributed by atoms with Crippen molar-refractivity contribution in [2.24, 2.45) is 0 Å². The monoisotopic (exact) mass is 270 g/mol. The van der Waals surface area contributed by atoms with Crippen molar-refractivity contribution in [3.05, 3.63) is 0 Å². The summed E-state index contributed by atoms with van der Waals surface area (Å²) < 4.78 is 4.87. The Kier molecular flexibility index (Phi) is 5.47. The van der Waals surface area contributed by atoms with Gasteiger partial charge in [-0.1, -0.05) is 0 Å². The van der Waals surface area contributed by atoms with Gasteiger partial charge in [-0.15, -0.1) is 0 Å². The molecule has 1 amide bonds. The Balaban J connectivity index is 2.67. The lowest BCUT2D eigenvalue weighted by molar-refractivity contribution is -0.145. The third kappa shape index (κ3) is 3.76. The fourth-order valence-corrected chi connectivity index (χ4v) is 2.65. The highest BCUT2D eigenvalue weighted by Crippen LogP contribution is 2.28. The van der Waals surface area contributed by atoms with Crippen molar-refractivity contribution in [3.8, 4) is 0 Å². The second kappa shape index (κ2) is 6.65. The first-order chi connectivity index (χ1) is 8.95. The number of likely N-dealkylation sites (tertiary alicyclic amines) is 1. The van der Waals surface area contributed by atoms with E-state index in [-0.39, 0.29) is 18.4 Å². The first-order valence-electron chi connectivity index (χ1n) is 6.54. The molecule has 0 aromatic heterocycles. The van der Waals surface area contributed by atoms with Gasteiger partial charge in [0.2, 0.25) is 5.91 Å². The van der Waals surface area contributed by atoms with Gasteiger partial charge in [0.15, 0.2) is 0 Å². The number of carbonyl (C=O) groups is 3. The van der Waals surface area contributed by atoms with E-state index < -0.39 is 5.54 Å². The molecule has 1 aliphatic heterocycles. The van der Waals surface area contributed by atoms with Crippen LogP contribution in [0.1, 0.15) is 26.7 Å².